The molecule has 0 heterocycles. The van der Waals surface area contributed by atoms with Gasteiger partial charge >= 0.3 is 0 Å². The Hall–Kier alpha value is -1.18. The van der Waals surface area contributed by atoms with Crippen LogP contribution in [0.15, 0.2) is 23.2 Å². The Morgan fingerprint density at radius 3 is 2.56 bits per heavy atom. The van der Waals surface area contributed by atoms with E-state index in [0.29, 0.717) is 18.7 Å². The molecule has 1 aromatic carbocycles. The van der Waals surface area contributed by atoms with Gasteiger partial charge in [0.15, 0.2) is 17.5 Å². The van der Waals surface area contributed by atoms with Crippen molar-refractivity contribution in [2.45, 2.75) is 57.7 Å². The van der Waals surface area contributed by atoms with E-state index in [1.165, 1.54) is 19.3 Å². The molecular weight excluding hydrogens is 429 g/mol. The lowest BCUT2D eigenvalue weighted by Crippen LogP contribution is -2.38. The summed E-state index contributed by atoms with van der Waals surface area (Å²) in [5.74, 6) is 3.26. The van der Waals surface area contributed by atoms with E-state index in [2.05, 4.69) is 34.7 Å². The number of methoxy groups -OCH3 is 1. The molecule has 0 amide bonds. The van der Waals surface area contributed by atoms with Crippen LogP contribution in [0.2, 0.25) is 0 Å². The summed E-state index contributed by atoms with van der Waals surface area (Å²) in [4.78, 5) is 4.30. The number of nitrogens with zero attached hydrogens (tertiary/aromatic N) is 1. The largest absolute Gasteiger partial charge is 0.493 e. The Bertz CT molecular complexity index is 588. The first-order chi connectivity index (χ1) is 11.7. The van der Waals surface area contributed by atoms with E-state index < -0.39 is 0 Å². The minimum atomic E-state index is 0. The smallest absolute Gasteiger partial charge is 0.191 e. The predicted molar refractivity (Wildman–Crippen MR) is 112 cm³/mol. The van der Waals surface area contributed by atoms with Gasteiger partial charge in [-0.25, -0.2) is 0 Å². The maximum atomic E-state index is 6.16. The van der Waals surface area contributed by atoms with Gasteiger partial charge in [-0.15, -0.1) is 24.0 Å². The Balaban J connectivity index is 0.00000225. The molecule has 1 aromatic rings. The second-order valence-corrected chi connectivity index (χ2v) is 6.90. The molecule has 2 aliphatic carbocycles. The number of hydrogen-bond acceptors (Lipinski definition) is 3. The Kier molecular flexibility index (Phi) is 7.65. The van der Waals surface area contributed by atoms with Crippen LogP contribution in [0.5, 0.6) is 11.5 Å². The third-order valence-corrected chi connectivity index (χ3v) is 4.94. The minimum Gasteiger partial charge on any atom is -0.493 e. The fourth-order valence-corrected chi connectivity index (χ4v) is 3.19. The second-order valence-electron chi connectivity index (χ2n) is 6.90. The number of rotatable bonds is 6. The molecule has 0 bridgehead atoms. The first-order valence-electron chi connectivity index (χ1n) is 9.00. The van der Waals surface area contributed by atoms with Crippen LogP contribution in [-0.2, 0) is 6.54 Å². The maximum Gasteiger partial charge on any atom is 0.191 e. The van der Waals surface area contributed by atoms with E-state index in [1.807, 2.05) is 13.1 Å². The standard InChI is InChI=1S/C19H29N3O2.HI/c1-13-10-16(13)22-19(20-2)21-12-14-8-9-17(23-3)18(11-14)24-15-6-4-5-7-15;/h8-9,11,13,15-16H,4-7,10,12H2,1-3H3,(H2,20,21,22);1H. The van der Waals surface area contributed by atoms with E-state index in [-0.39, 0.29) is 24.0 Å². The van der Waals surface area contributed by atoms with Gasteiger partial charge in [0, 0.05) is 19.6 Å². The minimum absolute atomic E-state index is 0. The monoisotopic (exact) mass is 459 g/mol. The maximum absolute atomic E-state index is 6.16. The fourth-order valence-electron chi connectivity index (χ4n) is 3.19. The van der Waals surface area contributed by atoms with Crippen molar-refractivity contribution in [3.8, 4) is 11.5 Å². The third kappa shape index (κ3) is 5.66. The lowest BCUT2D eigenvalue weighted by molar-refractivity contribution is 0.200. The quantitative estimate of drug-likeness (QED) is 0.387. The second kappa shape index (κ2) is 9.50. The molecule has 2 saturated carbocycles. The van der Waals surface area contributed by atoms with E-state index in [4.69, 9.17) is 9.47 Å². The molecule has 6 heteroatoms. The first-order valence-corrected chi connectivity index (χ1v) is 9.00. The fraction of sp³-hybridized carbons (Fsp3) is 0.632. The zero-order chi connectivity index (χ0) is 16.9. The van der Waals surface area contributed by atoms with Gasteiger partial charge in [0.2, 0.25) is 0 Å². The molecule has 0 spiro atoms. The molecule has 2 aliphatic rings. The summed E-state index contributed by atoms with van der Waals surface area (Å²) >= 11 is 0. The van der Waals surface area contributed by atoms with Crippen molar-refractivity contribution < 1.29 is 9.47 Å². The molecule has 0 saturated heterocycles. The summed E-state index contributed by atoms with van der Waals surface area (Å²) in [6, 6.07) is 6.70. The molecule has 25 heavy (non-hydrogen) atoms. The van der Waals surface area contributed by atoms with Crippen molar-refractivity contribution in [2.75, 3.05) is 14.2 Å². The number of nitrogens with one attached hydrogen (secondary N) is 2. The highest BCUT2D eigenvalue weighted by Gasteiger charge is 2.33. The molecule has 2 unspecified atom stereocenters. The topological polar surface area (TPSA) is 54.9 Å². The van der Waals surface area contributed by atoms with Gasteiger partial charge in [-0.05, 0) is 55.7 Å². The molecule has 140 valence electrons. The average Bonchev–Trinajstić information content (AvgIpc) is 3.06. The molecular formula is C19H30IN3O2. The lowest BCUT2D eigenvalue weighted by atomic mass is 10.2. The van der Waals surface area contributed by atoms with E-state index >= 15 is 0 Å². The first kappa shape index (κ1) is 20.1. The highest BCUT2D eigenvalue weighted by molar-refractivity contribution is 14.0. The van der Waals surface area contributed by atoms with Gasteiger partial charge < -0.3 is 20.1 Å². The third-order valence-electron chi connectivity index (χ3n) is 4.94. The van der Waals surface area contributed by atoms with E-state index in [9.17, 15) is 0 Å². The molecule has 2 fully saturated rings. The van der Waals surface area contributed by atoms with Crippen molar-refractivity contribution in [2.24, 2.45) is 10.9 Å². The van der Waals surface area contributed by atoms with Crippen molar-refractivity contribution in [3.63, 3.8) is 0 Å². The van der Waals surface area contributed by atoms with Crippen LogP contribution >= 0.6 is 24.0 Å². The highest BCUT2D eigenvalue weighted by atomic mass is 127. The van der Waals surface area contributed by atoms with Gasteiger partial charge in [0.25, 0.3) is 0 Å². The van der Waals surface area contributed by atoms with Crippen LogP contribution in [0, 0.1) is 5.92 Å². The highest BCUT2D eigenvalue weighted by Crippen LogP contribution is 2.32. The van der Waals surface area contributed by atoms with Gasteiger partial charge in [0.1, 0.15) is 0 Å². The molecule has 2 atom stereocenters. The normalized spacial score (nSPS) is 22.9. The van der Waals surface area contributed by atoms with E-state index in [1.54, 1.807) is 7.11 Å². The average molecular weight is 459 g/mol. The van der Waals surface area contributed by atoms with Crippen molar-refractivity contribution in [1.29, 1.82) is 0 Å². The zero-order valence-electron chi connectivity index (χ0n) is 15.4. The van der Waals surface area contributed by atoms with Crippen LogP contribution < -0.4 is 20.1 Å². The van der Waals surface area contributed by atoms with Gasteiger partial charge in [-0.3, -0.25) is 4.99 Å². The van der Waals surface area contributed by atoms with Crippen LogP contribution in [0.25, 0.3) is 0 Å². The summed E-state index contributed by atoms with van der Waals surface area (Å²) in [5.41, 5.74) is 1.16. The van der Waals surface area contributed by atoms with Gasteiger partial charge in [0.05, 0.1) is 13.2 Å². The Morgan fingerprint density at radius 1 is 1.24 bits per heavy atom. The summed E-state index contributed by atoms with van der Waals surface area (Å²) < 4.78 is 11.6. The lowest BCUT2D eigenvalue weighted by Gasteiger charge is -2.17. The predicted octanol–water partition coefficient (Wildman–Crippen LogP) is 3.71. The van der Waals surface area contributed by atoms with Gasteiger partial charge in [-0.2, -0.15) is 0 Å². The van der Waals surface area contributed by atoms with Crippen molar-refractivity contribution in [1.82, 2.24) is 10.6 Å². The van der Waals surface area contributed by atoms with Crippen LogP contribution in [-0.4, -0.2) is 32.3 Å². The molecule has 3 rings (SSSR count). The molecule has 0 radical (unpaired) electrons. The van der Waals surface area contributed by atoms with Crippen LogP contribution in [0.1, 0.15) is 44.6 Å². The van der Waals surface area contributed by atoms with Gasteiger partial charge in [-0.1, -0.05) is 13.0 Å². The SMILES string of the molecule is CN=C(NCc1ccc(OC)c(OC2CCCC2)c1)NC1CC1C.I. The molecule has 5 nitrogen and oxygen atoms in total. The van der Waals surface area contributed by atoms with E-state index in [0.717, 1.165) is 41.8 Å². The molecule has 0 aromatic heterocycles. The van der Waals surface area contributed by atoms with Crippen LogP contribution in [0.3, 0.4) is 0 Å². The van der Waals surface area contributed by atoms with Crippen molar-refractivity contribution in [3.05, 3.63) is 23.8 Å². The van der Waals surface area contributed by atoms with Crippen LogP contribution in [0.4, 0.5) is 0 Å². The summed E-state index contributed by atoms with van der Waals surface area (Å²) in [6.45, 7) is 2.97. The number of guanidine groups is 1. The zero-order valence-corrected chi connectivity index (χ0v) is 17.7. The summed E-state index contributed by atoms with van der Waals surface area (Å²) in [7, 11) is 3.50. The summed E-state index contributed by atoms with van der Waals surface area (Å²) in [5, 5.41) is 6.82. The Morgan fingerprint density at radius 2 is 1.96 bits per heavy atom. The number of hydrogen-bond donors (Lipinski definition) is 2. The summed E-state index contributed by atoms with van der Waals surface area (Å²) in [6.07, 6.45) is 6.35. The number of benzene rings is 1. The number of aliphatic imine (C=N–C) groups is 1. The number of halogens is 1. The number of ether oxygens (including phenoxy) is 2. The Labute approximate surface area is 168 Å². The van der Waals surface area contributed by atoms with Crippen molar-refractivity contribution >= 4 is 29.9 Å². The molecule has 2 N–H and O–H groups in total. The molecule has 0 aliphatic heterocycles.